The molecule has 0 spiro atoms. The van der Waals surface area contributed by atoms with Crippen molar-refractivity contribution in [2.24, 2.45) is 5.92 Å². The van der Waals surface area contributed by atoms with Gasteiger partial charge in [-0.1, -0.05) is 41.4 Å². The number of halogens is 2. The molecule has 0 aliphatic carbocycles. The second-order valence-electron chi connectivity index (χ2n) is 6.92. The fraction of sp³-hybridized carbons (Fsp3) is 0.286. The van der Waals surface area contributed by atoms with Gasteiger partial charge in [-0.2, -0.15) is 0 Å². The highest BCUT2D eigenvalue weighted by atomic mass is 35.5. The maximum absolute atomic E-state index is 12.4. The van der Waals surface area contributed by atoms with Gasteiger partial charge in [0.1, 0.15) is 0 Å². The Morgan fingerprint density at radius 2 is 1.86 bits per heavy atom. The van der Waals surface area contributed by atoms with Gasteiger partial charge < -0.3 is 15.0 Å². The Labute approximate surface area is 178 Å². The SMILES string of the molecule is Cc1cccc(C)c1NC(=O)COC(=O)[C@H]1CC(=O)N(c2cc(Cl)ccc2Cl)C1. The number of anilines is 2. The molecule has 1 heterocycles. The van der Waals surface area contributed by atoms with E-state index in [1.54, 1.807) is 18.2 Å². The smallest absolute Gasteiger partial charge is 0.311 e. The first kappa shape index (κ1) is 21.1. The number of nitrogens with zero attached hydrogens (tertiary/aromatic N) is 1. The molecule has 2 aromatic carbocycles. The second-order valence-corrected chi connectivity index (χ2v) is 7.77. The molecular weight excluding hydrogens is 415 g/mol. The van der Waals surface area contributed by atoms with E-state index in [2.05, 4.69) is 5.32 Å². The van der Waals surface area contributed by atoms with Crippen LogP contribution in [0.25, 0.3) is 0 Å². The van der Waals surface area contributed by atoms with Crippen molar-refractivity contribution in [3.8, 4) is 0 Å². The molecular formula is C21H20Cl2N2O4. The van der Waals surface area contributed by atoms with Crippen LogP contribution < -0.4 is 10.2 Å². The third-order valence-corrected chi connectivity index (χ3v) is 5.30. The fourth-order valence-electron chi connectivity index (χ4n) is 3.23. The number of hydrogen-bond donors (Lipinski definition) is 1. The molecule has 0 unspecified atom stereocenters. The third-order valence-electron chi connectivity index (χ3n) is 4.75. The molecule has 1 aliphatic rings. The molecule has 0 aromatic heterocycles. The van der Waals surface area contributed by atoms with Crippen molar-refractivity contribution in [3.05, 3.63) is 57.6 Å². The first-order valence-corrected chi connectivity index (χ1v) is 9.80. The molecule has 0 saturated carbocycles. The first-order valence-electron chi connectivity index (χ1n) is 9.04. The highest BCUT2D eigenvalue weighted by Gasteiger charge is 2.37. The van der Waals surface area contributed by atoms with E-state index >= 15 is 0 Å². The van der Waals surface area contributed by atoms with Crippen LogP contribution in [0.3, 0.4) is 0 Å². The lowest BCUT2D eigenvalue weighted by molar-refractivity contribution is -0.151. The van der Waals surface area contributed by atoms with Gasteiger partial charge in [0, 0.05) is 23.7 Å². The topological polar surface area (TPSA) is 75.7 Å². The van der Waals surface area contributed by atoms with Crippen LogP contribution in [0.1, 0.15) is 17.5 Å². The summed E-state index contributed by atoms with van der Waals surface area (Å²) in [5, 5.41) is 3.56. The van der Waals surface area contributed by atoms with E-state index in [9.17, 15) is 14.4 Å². The molecule has 29 heavy (non-hydrogen) atoms. The van der Waals surface area contributed by atoms with E-state index in [-0.39, 0.29) is 18.9 Å². The molecule has 2 aromatic rings. The van der Waals surface area contributed by atoms with Crippen molar-refractivity contribution in [2.75, 3.05) is 23.4 Å². The van der Waals surface area contributed by atoms with Crippen LogP contribution in [0.4, 0.5) is 11.4 Å². The monoisotopic (exact) mass is 434 g/mol. The fourth-order valence-corrected chi connectivity index (χ4v) is 3.62. The normalized spacial score (nSPS) is 16.1. The summed E-state index contributed by atoms with van der Waals surface area (Å²) in [4.78, 5) is 38.3. The molecule has 1 aliphatic heterocycles. The number of esters is 1. The summed E-state index contributed by atoms with van der Waals surface area (Å²) >= 11 is 12.1. The van der Waals surface area contributed by atoms with E-state index in [0.29, 0.717) is 21.4 Å². The lowest BCUT2D eigenvalue weighted by Gasteiger charge is -2.18. The van der Waals surface area contributed by atoms with E-state index in [1.165, 1.54) is 4.90 Å². The molecule has 2 amide bonds. The Morgan fingerprint density at radius 1 is 1.17 bits per heavy atom. The quantitative estimate of drug-likeness (QED) is 0.717. The zero-order chi connectivity index (χ0) is 21.1. The van der Waals surface area contributed by atoms with Crippen LogP contribution in [0.5, 0.6) is 0 Å². The molecule has 152 valence electrons. The van der Waals surface area contributed by atoms with Crippen LogP contribution in [0.2, 0.25) is 10.0 Å². The van der Waals surface area contributed by atoms with Crippen molar-refractivity contribution >= 4 is 52.4 Å². The zero-order valence-electron chi connectivity index (χ0n) is 16.0. The Morgan fingerprint density at radius 3 is 2.55 bits per heavy atom. The van der Waals surface area contributed by atoms with E-state index in [1.807, 2.05) is 32.0 Å². The number of para-hydroxylation sites is 1. The summed E-state index contributed by atoms with van der Waals surface area (Å²) in [5.74, 6) is -1.97. The van der Waals surface area contributed by atoms with Crippen LogP contribution in [0.15, 0.2) is 36.4 Å². The highest BCUT2D eigenvalue weighted by molar-refractivity contribution is 6.35. The van der Waals surface area contributed by atoms with E-state index in [0.717, 1.165) is 11.1 Å². The van der Waals surface area contributed by atoms with Gasteiger partial charge in [0.15, 0.2) is 6.61 Å². The lowest BCUT2D eigenvalue weighted by Crippen LogP contribution is -2.28. The van der Waals surface area contributed by atoms with Gasteiger partial charge in [-0.3, -0.25) is 14.4 Å². The molecule has 6 nitrogen and oxygen atoms in total. The van der Waals surface area contributed by atoms with Crippen molar-refractivity contribution in [1.82, 2.24) is 0 Å². The Kier molecular flexibility index (Phi) is 6.45. The summed E-state index contributed by atoms with van der Waals surface area (Å²) in [6, 6.07) is 10.5. The zero-order valence-corrected chi connectivity index (χ0v) is 17.5. The number of nitrogens with one attached hydrogen (secondary N) is 1. The van der Waals surface area contributed by atoms with Gasteiger partial charge in [-0.25, -0.2) is 0 Å². The van der Waals surface area contributed by atoms with Crippen molar-refractivity contribution in [1.29, 1.82) is 0 Å². The van der Waals surface area contributed by atoms with Crippen molar-refractivity contribution < 1.29 is 19.1 Å². The summed E-state index contributed by atoms with van der Waals surface area (Å²) in [7, 11) is 0. The minimum absolute atomic E-state index is 0.0137. The number of carbonyl (C=O) groups is 3. The van der Waals surface area contributed by atoms with E-state index < -0.39 is 24.4 Å². The Balaban J connectivity index is 1.58. The standard InChI is InChI=1S/C21H20Cl2N2O4/c1-12-4-3-5-13(2)20(12)24-18(26)11-29-21(28)14-8-19(27)25(10-14)17-9-15(22)6-7-16(17)23/h3-7,9,14H,8,10-11H2,1-2H3,(H,24,26)/t14-/m0/s1. The largest absolute Gasteiger partial charge is 0.455 e. The van der Waals surface area contributed by atoms with Gasteiger partial charge in [0.05, 0.1) is 16.6 Å². The molecule has 1 fully saturated rings. The van der Waals surface area contributed by atoms with Crippen LogP contribution in [-0.4, -0.2) is 30.9 Å². The predicted molar refractivity (Wildman–Crippen MR) is 112 cm³/mol. The summed E-state index contributed by atoms with van der Waals surface area (Å²) in [6.07, 6.45) is -0.0137. The number of hydrogen-bond acceptors (Lipinski definition) is 4. The molecule has 1 saturated heterocycles. The lowest BCUT2D eigenvalue weighted by atomic mass is 10.1. The number of rotatable bonds is 5. The van der Waals surface area contributed by atoms with Crippen LogP contribution in [0, 0.1) is 19.8 Å². The molecule has 0 bridgehead atoms. The first-order chi connectivity index (χ1) is 13.8. The average molecular weight is 435 g/mol. The number of ether oxygens (including phenoxy) is 1. The minimum Gasteiger partial charge on any atom is -0.455 e. The number of carbonyl (C=O) groups excluding carboxylic acids is 3. The summed E-state index contributed by atoms with van der Waals surface area (Å²) in [5.41, 5.74) is 2.99. The highest BCUT2D eigenvalue weighted by Crippen LogP contribution is 2.33. The van der Waals surface area contributed by atoms with Gasteiger partial charge in [0.25, 0.3) is 5.91 Å². The number of amides is 2. The molecule has 3 rings (SSSR count). The van der Waals surface area contributed by atoms with Gasteiger partial charge in [-0.05, 0) is 43.2 Å². The maximum atomic E-state index is 12.4. The van der Waals surface area contributed by atoms with Gasteiger partial charge in [0.2, 0.25) is 5.91 Å². The maximum Gasteiger partial charge on any atom is 0.311 e. The third kappa shape index (κ3) is 4.89. The molecule has 1 N–H and O–H groups in total. The average Bonchev–Trinajstić information content (AvgIpc) is 3.06. The Hall–Kier alpha value is -2.57. The molecule has 8 heteroatoms. The van der Waals surface area contributed by atoms with Crippen molar-refractivity contribution in [2.45, 2.75) is 20.3 Å². The van der Waals surface area contributed by atoms with Gasteiger partial charge >= 0.3 is 5.97 Å². The summed E-state index contributed by atoms with van der Waals surface area (Å²) in [6.45, 7) is 3.47. The van der Waals surface area contributed by atoms with Crippen LogP contribution >= 0.6 is 23.2 Å². The second kappa shape index (κ2) is 8.84. The Bertz CT molecular complexity index is 957. The number of aryl methyl sites for hydroxylation is 2. The minimum atomic E-state index is -0.675. The van der Waals surface area contributed by atoms with Crippen molar-refractivity contribution in [3.63, 3.8) is 0 Å². The van der Waals surface area contributed by atoms with E-state index in [4.69, 9.17) is 27.9 Å². The number of benzene rings is 2. The van der Waals surface area contributed by atoms with Gasteiger partial charge in [-0.15, -0.1) is 0 Å². The summed E-state index contributed by atoms with van der Waals surface area (Å²) < 4.78 is 5.14. The molecule has 1 atom stereocenters. The molecule has 0 radical (unpaired) electrons. The van der Waals surface area contributed by atoms with Crippen LogP contribution in [-0.2, 0) is 19.1 Å². The predicted octanol–water partition coefficient (Wildman–Crippen LogP) is 4.15.